The Labute approximate surface area is 193 Å². The largest absolute Gasteiger partial charge is 0.493 e. The van der Waals surface area contributed by atoms with E-state index in [0.717, 1.165) is 32.6 Å². The number of amides is 1. The Morgan fingerprint density at radius 2 is 1.88 bits per heavy atom. The molecule has 2 heterocycles. The molecule has 0 radical (unpaired) electrons. The van der Waals surface area contributed by atoms with Crippen molar-refractivity contribution >= 4 is 45.2 Å². The number of fused-ring (bicyclic) bond motifs is 1. The molecule has 0 aliphatic carbocycles. The number of methoxy groups -OCH3 is 2. The Morgan fingerprint density at radius 1 is 1.09 bits per heavy atom. The van der Waals surface area contributed by atoms with Gasteiger partial charge < -0.3 is 14.8 Å². The van der Waals surface area contributed by atoms with Crippen LogP contribution < -0.4 is 20.1 Å². The molecule has 4 aromatic rings. The van der Waals surface area contributed by atoms with Gasteiger partial charge in [-0.1, -0.05) is 23.5 Å². The van der Waals surface area contributed by atoms with Crippen LogP contribution in [0.15, 0.2) is 36.4 Å². The van der Waals surface area contributed by atoms with Crippen LogP contribution in [0.4, 0.5) is 5.69 Å². The fourth-order valence-corrected chi connectivity index (χ4v) is 4.30. The lowest BCUT2D eigenvalue weighted by Gasteiger charge is -2.14. The highest BCUT2D eigenvalue weighted by Crippen LogP contribution is 2.32. The average molecular weight is 469 g/mol. The molecule has 0 spiro atoms. The zero-order valence-electron chi connectivity index (χ0n) is 17.8. The number of nitrogens with one attached hydrogen (secondary N) is 2. The predicted octanol–water partition coefficient (Wildman–Crippen LogP) is 3.61. The summed E-state index contributed by atoms with van der Waals surface area (Å²) in [5.41, 5.74) is 3.05. The van der Waals surface area contributed by atoms with E-state index in [1.54, 1.807) is 22.7 Å². The van der Waals surface area contributed by atoms with E-state index in [-0.39, 0.29) is 11.0 Å². The third kappa shape index (κ3) is 4.12. The van der Waals surface area contributed by atoms with Crippen molar-refractivity contribution in [2.24, 2.45) is 0 Å². The van der Waals surface area contributed by atoms with Crippen molar-refractivity contribution in [2.75, 3.05) is 19.5 Å². The fraction of sp³-hybridized carbons (Fsp3) is 0.190. The maximum Gasteiger partial charge on any atom is 0.257 e. The van der Waals surface area contributed by atoms with Crippen LogP contribution in [-0.2, 0) is 0 Å². The van der Waals surface area contributed by atoms with Crippen molar-refractivity contribution in [2.45, 2.75) is 13.8 Å². The van der Waals surface area contributed by atoms with E-state index >= 15 is 0 Å². The van der Waals surface area contributed by atoms with Crippen LogP contribution in [0.5, 0.6) is 11.5 Å². The topological polar surface area (TPSA) is 103 Å². The number of hydrogen-bond acceptors (Lipinski definition) is 8. The fourth-order valence-electron chi connectivity index (χ4n) is 3.13. The van der Waals surface area contributed by atoms with Gasteiger partial charge in [0.25, 0.3) is 5.91 Å². The van der Waals surface area contributed by atoms with Gasteiger partial charge in [-0.3, -0.25) is 10.1 Å². The summed E-state index contributed by atoms with van der Waals surface area (Å²) in [6.45, 7) is 3.82. The molecule has 0 saturated heterocycles. The number of carbonyl (C=O) groups is 1. The number of rotatable bonds is 5. The smallest absolute Gasteiger partial charge is 0.257 e. The Kier molecular flexibility index (Phi) is 6.01. The summed E-state index contributed by atoms with van der Waals surface area (Å²) in [7, 11) is 3.05. The molecule has 0 aliphatic rings. The van der Waals surface area contributed by atoms with Crippen molar-refractivity contribution in [1.29, 1.82) is 0 Å². The van der Waals surface area contributed by atoms with E-state index in [4.69, 9.17) is 21.7 Å². The van der Waals surface area contributed by atoms with Gasteiger partial charge in [-0.25, -0.2) is 0 Å². The number of hydrogen-bond donors (Lipinski definition) is 2. The molecule has 0 bridgehead atoms. The van der Waals surface area contributed by atoms with Crippen LogP contribution in [0.3, 0.4) is 0 Å². The first-order valence-electron chi connectivity index (χ1n) is 9.54. The minimum Gasteiger partial charge on any atom is -0.493 e. The number of benzene rings is 2. The molecule has 2 aromatic heterocycles. The van der Waals surface area contributed by atoms with E-state index in [9.17, 15) is 4.79 Å². The average Bonchev–Trinajstić information content (AvgIpc) is 3.36. The van der Waals surface area contributed by atoms with E-state index < -0.39 is 0 Å². The van der Waals surface area contributed by atoms with Crippen molar-refractivity contribution in [3.63, 3.8) is 0 Å². The van der Waals surface area contributed by atoms with E-state index in [2.05, 4.69) is 25.9 Å². The van der Waals surface area contributed by atoms with Crippen molar-refractivity contribution < 1.29 is 14.3 Å². The molecule has 0 aliphatic heterocycles. The first kappa shape index (κ1) is 21.7. The van der Waals surface area contributed by atoms with E-state index in [1.807, 2.05) is 32.0 Å². The molecule has 2 aromatic carbocycles. The van der Waals surface area contributed by atoms with Gasteiger partial charge in [0.15, 0.2) is 22.4 Å². The highest BCUT2D eigenvalue weighted by Gasteiger charge is 2.16. The molecule has 2 N–H and O–H groups in total. The number of aryl methyl sites for hydroxylation is 1. The highest BCUT2D eigenvalue weighted by molar-refractivity contribution is 7.80. The summed E-state index contributed by atoms with van der Waals surface area (Å²) >= 11 is 6.82. The van der Waals surface area contributed by atoms with Crippen LogP contribution in [-0.4, -0.2) is 45.1 Å². The SMILES string of the molecule is COc1ccc(C(=O)NC(=S)Nc2cccc(-c3nn4c(C)nnc4s3)c2C)cc1OC. The quantitative estimate of drug-likeness (QED) is 0.428. The van der Waals surface area contributed by atoms with Gasteiger partial charge in [0.1, 0.15) is 5.01 Å². The minimum atomic E-state index is -0.360. The van der Waals surface area contributed by atoms with Gasteiger partial charge in [0.2, 0.25) is 4.96 Å². The molecule has 32 heavy (non-hydrogen) atoms. The molecule has 0 fully saturated rings. The molecule has 0 atom stereocenters. The second-order valence-electron chi connectivity index (χ2n) is 6.80. The standard InChI is InChI=1S/C21H20N6O3S2/c1-11-14(19-26-27-12(2)24-25-21(27)32-19)6-5-7-15(11)22-20(31)23-18(28)13-8-9-16(29-3)17(10-13)30-4/h5-10H,1-4H3,(H2,22,23,28,31). The van der Waals surface area contributed by atoms with E-state index in [1.165, 1.54) is 25.6 Å². The Balaban J connectivity index is 1.51. The van der Waals surface area contributed by atoms with Gasteiger partial charge in [-0.15, -0.1) is 10.2 Å². The normalized spacial score (nSPS) is 10.8. The first-order chi connectivity index (χ1) is 15.4. The van der Waals surface area contributed by atoms with Crippen LogP contribution >= 0.6 is 23.6 Å². The van der Waals surface area contributed by atoms with Crippen LogP contribution in [0, 0.1) is 13.8 Å². The van der Waals surface area contributed by atoms with Crippen LogP contribution in [0.25, 0.3) is 15.5 Å². The zero-order chi connectivity index (χ0) is 22.8. The van der Waals surface area contributed by atoms with Crippen molar-refractivity contribution in [3.8, 4) is 22.1 Å². The number of anilines is 1. The summed E-state index contributed by atoms with van der Waals surface area (Å²) < 4.78 is 12.2. The Morgan fingerprint density at radius 3 is 2.59 bits per heavy atom. The summed E-state index contributed by atoms with van der Waals surface area (Å²) in [5, 5.41) is 19.5. The molecular formula is C21H20N6O3S2. The van der Waals surface area contributed by atoms with Gasteiger partial charge in [-0.2, -0.15) is 9.61 Å². The maximum atomic E-state index is 12.6. The molecule has 1 amide bonds. The lowest BCUT2D eigenvalue weighted by atomic mass is 10.1. The Hall–Kier alpha value is -3.57. The summed E-state index contributed by atoms with van der Waals surface area (Å²) in [6, 6.07) is 10.7. The van der Waals surface area contributed by atoms with Gasteiger partial charge in [0, 0.05) is 16.8 Å². The molecule has 0 saturated carbocycles. The maximum absolute atomic E-state index is 12.6. The van der Waals surface area contributed by atoms with Crippen molar-refractivity contribution in [3.05, 3.63) is 53.3 Å². The molecule has 164 valence electrons. The lowest BCUT2D eigenvalue weighted by Crippen LogP contribution is -2.34. The monoisotopic (exact) mass is 468 g/mol. The number of ether oxygens (including phenoxy) is 2. The third-order valence-electron chi connectivity index (χ3n) is 4.83. The number of aromatic nitrogens is 4. The number of thiocarbonyl (C=S) groups is 1. The molecule has 4 rings (SSSR count). The van der Waals surface area contributed by atoms with Crippen molar-refractivity contribution in [1.82, 2.24) is 25.1 Å². The summed E-state index contributed by atoms with van der Waals surface area (Å²) in [6.07, 6.45) is 0. The highest BCUT2D eigenvalue weighted by atomic mass is 32.1. The summed E-state index contributed by atoms with van der Waals surface area (Å²) in [5.74, 6) is 1.37. The number of carbonyl (C=O) groups excluding carboxylic acids is 1. The van der Waals surface area contributed by atoms with Gasteiger partial charge in [-0.05, 0) is 55.9 Å². The van der Waals surface area contributed by atoms with Gasteiger partial charge in [0.05, 0.1) is 14.2 Å². The number of nitrogens with zero attached hydrogens (tertiary/aromatic N) is 4. The van der Waals surface area contributed by atoms with Gasteiger partial charge >= 0.3 is 0 Å². The molecular weight excluding hydrogens is 448 g/mol. The third-order valence-corrected chi connectivity index (χ3v) is 5.97. The summed E-state index contributed by atoms with van der Waals surface area (Å²) in [4.78, 5) is 13.4. The molecule has 0 unspecified atom stereocenters. The lowest BCUT2D eigenvalue weighted by molar-refractivity contribution is 0.0977. The van der Waals surface area contributed by atoms with E-state index in [0.29, 0.717) is 17.1 Å². The first-order valence-corrected chi connectivity index (χ1v) is 10.8. The van der Waals surface area contributed by atoms with Crippen LogP contribution in [0.1, 0.15) is 21.7 Å². The Bertz CT molecular complexity index is 1330. The molecule has 9 nitrogen and oxygen atoms in total. The molecule has 11 heteroatoms. The second-order valence-corrected chi connectivity index (χ2v) is 8.17. The predicted molar refractivity (Wildman–Crippen MR) is 127 cm³/mol. The minimum absolute atomic E-state index is 0.180. The zero-order valence-corrected chi connectivity index (χ0v) is 19.4. The van der Waals surface area contributed by atoms with Crippen LogP contribution in [0.2, 0.25) is 0 Å². The second kappa shape index (κ2) is 8.89.